The number of para-hydroxylation sites is 1. The van der Waals surface area contributed by atoms with Crippen LogP contribution in [0, 0.1) is 0 Å². The second-order valence-electron chi connectivity index (χ2n) is 10.0. The van der Waals surface area contributed by atoms with Crippen LogP contribution in [0.3, 0.4) is 0 Å². The zero-order valence-electron chi connectivity index (χ0n) is 21.6. The van der Waals surface area contributed by atoms with Gasteiger partial charge < -0.3 is 33.6 Å². The van der Waals surface area contributed by atoms with Gasteiger partial charge in [-0.3, -0.25) is 0 Å². The number of aliphatic hydroxyl groups excluding tert-OH is 1. The van der Waals surface area contributed by atoms with Gasteiger partial charge in [0.25, 0.3) is 6.29 Å². The highest BCUT2D eigenvalue weighted by atomic mass is 16.7. The molecule has 3 aromatic carbocycles. The Hall–Kier alpha value is -5.77. The first kappa shape index (κ1) is 25.2. The summed E-state index contributed by atoms with van der Waals surface area (Å²) in [5.41, 5.74) is 1.66. The van der Waals surface area contributed by atoms with E-state index in [0.29, 0.717) is 33.2 Å². The molecule has 1 unspecified atom stereocenters. The number of fused-ring (bicyclic) bond motifs is 4. The maximum atomic E-state index is 12.9. The molecule has 208 valence electrons. The zero-order chi connectivity index (χ0) is 29.1. The summed E-state index contributed by atoms with van der Waals surface area (Å²) in [5.74, 6) is -0.719. The molecule has 2 aromatic heterocycles. The van der Waals surface area contributed by atoms with E-state index in [2.05, 4.69) is 0 Å². The minimum Gasteiger partial charge on any atom is -0.508 e. The first-order chi connectivity index (χ1) is 20.2. The van der Waals surface area contributed by atoms with E-state index in [4.69, 9.17) is 18.3 Å². The summed E-state index contributed by atoms with van der Waals surface area (Å²) in [5, 5.41) is 32.4. The first-order valence-corrected chi connectivity index (χ1v) is 12.9. The Morgan fingerprint density at radius 3 is 2.36 bits per heavy atom. The summed E-state index contributed by atoms with van der Waals surface area (Å²) in [6, 6.07) is 16.8. The molecule has 0 saturated heterocycles. The van der Waals surface area contributed by atoms with Crippen LogP contribution in [0.5, 0.6) is 17.2 Å². The first-order valence-electron chi connectivity index (χ1n) is 12.9. The lowest BCUT2D eigenvalue weighted by atomic mass is 9.94. The third-order valence-corrected chi connectivity index (χ3v) is 7.29. The molecule has 2 aliphatic heterocycles. The largest absolute Gasteiger partial charge is 0.508 e. The predicted octanol–water partition coefficient (Wildman–Crippen LogP) is 4.61. The molecule has 7 rings (SSSR count). The second-order valence-corrected chi connectivity index (χ2v) is 10.0. The highest BCUT2D eigenvalue weighted by Gasteiger charge is 2.36. The van der Waals surface area contributed by atoms with Crippen LogP contribution in [0.2, 0.25) is 0 Å². The highest BCUT2D eigenvalue weighted by molar-refractivity contribution is 5.94. The van der Waals surface area contributed by atoms with Crippen LogP contribution in [-0.2, 0) is 22.4 Å². The SMILES string of the molecule is O=C1OC2Oc3ccc(Cc4cc(=O)oc5c(O)cccc45)cc3C(O)=C2C=C1Cc1cc(=O)oc2ccc(O)cc12. The molecule has 1 atom stereocenters. The van der Waals surface area contributed by atoms with Crippen molar-refractivity contribution in [2.75, 3.05) is 0 Å². The van der Waals surface area contributed by atoms with Crippen LogP contribution in [0.25, 0.3) is 27.7 Å². The number of benzene rings is 3. The monoisotopic (exact) mass is 564 g/mol. The zero-order valence-corrected chi connectivity index (χ0v) is 21.6. The average molecular weight is 565 g/mol. The minimum atomic E-state index is -1.17. The van der Waals surface area contributed by atoms with E-state index in [-0.39, 0.29) is 52.4 Å². The Balaban J connectivity index is 1.27. The topological polar surface area (TPSA) is 157 Å². The molecular weight excluding hydrogens is 544 g/mol. The molecule has 0 saturated carbocycles. The van der Waals surface area contributed by atoms with Gasteiger partial charge in [0, 0.05) is 34.9 Å². The van der Waals surface area contributed by atoms with Crippen LogP contribution < -0.4 is 16.0 Å². The number of phenolic OH excluding ortho intramolecular Hbond substituents is 2. The number of carbonyl (C=O) groups excluding carboxylic acids is 1. The molecule has 0 radical (unpaired) electrons. The van der Waals surface area contributed by atoms with Gasteiger partial charge in [0.2, 0.25) is 0 Å². The van der Waals surface area contributed by atoms with Gasteiger partial charge in [0.05, 0.1) is 11.1 Å². The Kier molecular flexibility index (Phi) is 5.65. The lowest BCUT2D eigenvalue weighted by molar-refractivity contribution is -0.155. The van der Waals surface area contributed by atoms with Gasteiger partial charge in [-0.25, -0.2) is 14.4 Å². The van der Waals surface area contributed by atoms with Crippen molar-refractivity contribution in [1.82, 2.24) is 0 Å². The normalized spacial score (nSPS) is 16.0. The van der Waals surface area contributed by atoms with Gasteiger partial charge in [-0.05, 0) is 65.6 Å². The van der Waals surface area contributed by atoms with Crippen LogP contribution in [0.1, 0.15) is 22.3 Å². The van der Waals surface area contributed by atoms with Gasteiger partial charge in [0.15, 0.2) is 11.3 Å². The molecule has 0 aliphatic carbocycles. The fourth-order valence-electron chi connectivity index (χ4n) is 5.36. The van der Waals surface area contributed by atoms with Gasteiger partial charge in [-0.1, -0.05) is 18.2 Å². The van der Waals surface area contributed by atoms with E-state index in [1.54, 1.807) is 30.3 Å². The van der Waals surface area contributed by atoms with Crippen LogP contribution in [0.15, 0.2) is 102 Å². The molecule has 0 bridgehead atoms. The Morgan fingerprint density at radius 2 is 1.52 bits per heavy atom. The molecule has 10 nitrogen and oxygen atoms in total. The van der Waals surface area contributed by atoms with Gasteiger partial charge in [0.1, 0.15) is 22.8 Å². The van der Waals surface area contributed by atoms with E-state index < -0.39 is 23.5 Å². The van der Waals surface area contributed by atoms with Crippen molar-refractivity contribution in [1.29, 1.82) is 0 Å². The smallest absolute Gasteiger partial charge is 0.337 e. The molecule has 42 heavy (non-hydrogen) atoms. The summed E-state index contributed by atoms with van der Waals surface area (Å²) >= 11 is 0. The number of esters is 1. The van der Waals surface area contributed by atoms with E-state index in [1.807, 2.05) is 0 Å². The van der Waals surface area contributed by atoms with Gasteiger partial charge in [-0.2, -0.15) is 0 Å². The molecule has 3 N–H and O–H groups in total. The average Bonchev–Trinajstić information content (AvgIpc) is 2.95. The van der Waals surface area contributed by atoms with Crippen molar-refractivity contribution in [3.63, 3.8) is 0 Å². The number of hydrogen-bond donors (Lipinski definition) is 3. The Bertz CT molecular complexity index is 2150. The number of rotatable bonds is 4. The van der Waals surface area contributed by atoms with Crippen molar-refractivity contribution >= 4 is 33.7 Å². The third kappa shape index (κ3) is 4.26. The number of aliphatic hydroxyl groups is 1. The molecule has 0 spiro atoms. The van der Waals surface area contributed by atoms with E-state index in [9.17, 15) is 29.7 Å². The number of carbonyl (C=O) groups is 1. The summed E-state index contributed by atoms with van der Waals surface area (Å²) in [6.45, 7) is 0. The van der Waals surface area contributed by atoms with Crippen molar-refractivity contribution in [3.05, 3.63) is 127 Å². The lowest BCUT2D eigenvalue weighted by Gasteiger charge is -2.30. The molecule has 5 aromatic rings. The summed E-state index contributed by atoms with van der Waals surface area (Å²) in [4.78, 5) is 37.2. The van der Waals surface area contributed by atoms with Crippen molar-refractivity contribution in [3.8, 4) is 17.2 Å². The number of phenols is 2. The lowest BCUT2D eigenvalue weighted by Crippen LogP contribution is -2.34. The molecule has 0 amide bonds. The number of hydrogen-bond acceptors (Lipinski definition) is 10. The third-order valence-electron chi connectivity index (χ3n) is 7.29. The summed E-state index contributed by atoms with van der Waals surface area (Å²) < 4.78 is 21.8. The maximum absolute atomic E-state index is 12.9. The van der Waals surface area contributed by atoms with Crippen molar-refractivity contribution in [2.45, 2.75) is 19.1 Å². The van der Waals surface area contributed by atoms with E-state index >= 15 is 0 Å². The molecular formula is C32H20O10. The predicted molar refractivity (Wildman–Crippen MR) is 149 cm³/mol. The summed E-state index contributed by atoms with van der Waals surface area (Å²) in [6.07, 6.45) is 0.560. The van der Waals surface area contributed by atoms with Crippen LogP contribution in [-0.4, -0.2) is 27.6 Å². The fourth-order valence-corrected chi connectivity index (χ4v) is 5.36. The Morgan fingerprint density at radius 1 is 0.738 bits per heavy atom. The number of ether oxygens (including phenoxy) is 2. The highest BCUT2D eigenvalue weighted by Crippen LogP contribution is 2.39. The van der Waals surface area contributed by atoms with Crippen molar-refractivity contribution in [2.24, 2.45) is 0 Å². The molecule has 10 heteroatoms. The maximum Gasteiger partial charge on any atom is 0.337 e. The van der Waals surface area contributed by atoms with E-state index in [1.165, 1.54) is 42.5 Å². The van der Waals surface area contributed by atoms with Crippen LogP contribution in [0.4, 0.5) is 0 Å². The molecule has 2 aliphatic rings. The molecule has 0 fully saturated rings. The van der Waals surface area contributed by atoms with Gasteiger partial charge >= 0.3 is 17.2 Å². The second kappa shape index (κ2) is 9.41. The number of aromatic hydroxyl groups is 2. The standard InChI is InChI=1S/C32H20O10/c33-19-5-7-25-21(14-19)17(13-27(35)39-25)10-18-11-23-29(37)22-9-15(4-6-26(22)40-32(23)42-31(18)38)8-16-12-28(36)41-30-20(16)2-1-3-24(30)34/h1-7,9,11-14,32-34,37H,8,10H2. The summed E-state index contributed by atoms with van der Waals surface area (Å²) in [7, 11) is 0. The fraction of sp³-hybridized carbons (Fsp3) is 0.0938. The van der Waals surface area contributed by atoms with Crippen molar-refractivity contribution < 1.29 is 38.4 Å². The van der Waals surface area contributed by atoms with Crippen LogP contribution >= 0.6 is 0 Å². The quantitative estimate of drug-likeness (QED) is 0.208. The van der Waals surface area contributed by atoms with E-state index in [0.717, 1.165) is 5.56 Å². The minimum absolute atomic E-state index is 0.0305. The van der Waals surface area contributed by atoms with Gasteiger partial charge in [-0.15, -0.1) is 0 Å². The Labute approximate surface area is 235 Å². The molecule has 4 heterocycles.